The Hall–Kier alpha value is -2.71. The van der Waals surface area contributed by atoms with Gasteiger partial charge in [-0.3, -0.25) is 19.0 Å². The van der Waals surface area contributed by atoms with E-state index in [2.05, 4.69) is 23.9 Å². The summed E-state index contributed by atoms with van der Waals surface area (Å²) in [5.41, 5.74) is 3.00. The average molecular weight is 357 g/mol. The molecule has 4 heterocycles. The van der Waals surface area contributed by atoms with Crippen LogP contribution in [-0.2, 0) is 31.5 Å². The Labute approximate surface area is 151 Å². The normalized spacial score (nSPS) is 16.8. The van der Waals surface area contributed by atoms with Crippen molar-refractivity contribution in [3.63, 3.8) is 0 Å². The molecular weight excluding hydrogens is 334 g/mol. The lowest BCUT2D eigenvalue weighted by Crippen LogP contribution is -2.29. The minimum absolute atomic E-state index is 0.180. The van der Waals surface area contributed by atoms with Crippen LogP contribution < -0.4 is 0 Å². The summed E-state index contributed by atoms with van der Waals surface area (Å²) in [5, 5.41) is 8.86. The fourth-order valence-electron chi connectivity index (χ4n) is 3.66. The second-order valence-electron chi connectivity index (χ2n) is 7.23. The third-order valence-electron chi connectivity index (χ3n) is 4.97. The molecular formula is C17H23N7O2. The number of nitrogens with zero attached hydrogens (tertiary/aromatic N) is 7. The molecule has 0 saturated carbocycles. The standard InChI is InChI=1S/C17H23N7O2/c1-11(2)24-14-9-23(17(26)16-18-10-21(3)20-16)7-12(14)13(19-24)8-22-6-4-5-15(22)25/h10-11H,4-9H2,1-3H3. The first kappa shape index (κ1) is 16.7. The van der Waals surface area contributed by atoms with Crippen molar-refractivity contribution in [1.82, 2.24) is 34.3 Å². The second-order valence-corrected chi connectivity index (χ2v) is 7.23. The molecule has 2 aliphatic rings. The zero-order valence-electron chi connectivity index (χ0n) is 15.3. The number of aromatic nitrogens is 5. The zero-order chi connectivity index (χ0) is 18.4. The van der Waals surface area contributed by atoms with Gasteiger partial charge in [0.25, 0.3) is 5.91 Å². The monoisotopic (exact) mass is 357 g/mol. The molecule has 26 heavy (non-hydrogen) atoms. The van der Waals surface area contributed by atoms with E-state index >= 15 is 0 Å². The van der Waals surface area contributed by atoms with Gasteiger partial charge in [0.05, 0.1) is 31.0 Å². The number of aryl methyl sites for hydroxylation is 1. The van der Waals surface area contributed by atoms with Gasteiger partial charge in [0, 0.05) is 31.6 Å². The molecule has 2 aliphatic heterocycles. The minimum Gasteiger partial charge on any atom is -0.337 e. The Morgan fingerprint density at radius 3 is 2.69 bits per heavy atom. The van der Waals surface area contributed by atoms with Crippen LogP contribution in [0.4, 0.5) is 0 Å². The van der Waals surface area contributed by atoms with Gasteiger partial charge in [-0.05, 0) is 20.3 Å². The van der Waals surface area contributed by atoms with Gasteiger partial charge in [-0.1, -0.05) is 0 Å². The van der Waals surface area contributed by atoms with Crippen LogP contribution in [0.5, 0.6) is 0 Å². The summed E-state index contributed by atoms with van der Waals surface area (Å²) in [6.07, 6.45) is 3.04. The van der Waals surface area contributed by atoms with Gasteiger partial charge in [0.2, 0.25) is 11.7 Å². The Morgan fingerprint density at radius 1 is 1.27 bits per heavy atom. The summed E-state index contributed by atoms with van der Waals surface area (Å²) in [4.78, 5) is 32.4. The van der Waals surface area contributed by atoms with Crippen LogP contribution in [0.25, 0.3) is 0 Å². The van der Waals surface area contributed by atoms with Crippen molar-refractivity contribution in [3.05, 3.63) is 29.1 Å². The summed E-state index contributed by atoms with van der Waals surface area (Å²) < 4.78 is 3.50. The molecule has 0 aromatic carbocycles. The molecule has 0 atom stereocenters. The topological polar surface area (TPSA) is 89.2 Å². The molecule has 2 amide bonds. The molecule has 1 fully saturated rings. The van der Waals surface area contributed by atoms with Crippen molar-refractivity contribution in [2.45, 2.75) is 52.4 Å². The van der Waals surface area contributed by atoms with Crippen LogP contribution in [0, 0.1) is 0 Å². The van der Waals surface area contributed by atoms with Crippen molar-refractivity contribution >= 4 is 11.8 Å². The third kappa shape index (κ3) is 2.77. The number of carbonyl (C=O) groups is 2. The van der Waals surface area contributed by atoms with Crippen molar-refractivity contribution in [3.8, 4) is 0 Å². The van der Waals surface area contributed by atoms with Crippen molar-refractivity contribution in [1.29, 1.82) is 0 Å². The van der Waals surface area contributed by atoms with Crippen molar-refractivity contribution in [2.75, 3.05) is 6.54 Å². The molecule has 0 unspecified atom stereocenters. The molecule has 4 rings (SSSR count). The highest BCUT2D eigenvalue weighted by Crippen LogP contribution is 2.30. The molecule has 2 aromatic heterocycles. The quantitative estimate of drug-likeness (QED) is 0.810. The fourth-order valence-corrected chi connectivity index (χ4v) is 3.66. The number of hydrogen-bond donors (Lipinski definition) is 0. The largest absolute Gasteiger partial charge is 0.337 e. The molecule has 9 heteroatoms. The zero-order valence-corrected chi connectivity index (χ0v) is 15.3. The lowest BCUT2D eigenvalue weighted by molar-refractivity contribution is -0.128. The van der Waals surface area contributed by atoms with E-state index in [1.54, 1.807) is 11.9 Å². The van der Waals surface area contributed by atoms with E-state index in [0.29, 0.717) is 26.1 Å². The second kappa shape index (κ2) is 6.22. The van der Waals surface area contributed by atoms with Crippen molar-refractivity contribution in [2.24, 2.45) is 7.05 Å². The van der Waals surface area contributed by atoms with E-state index in [0.717, 1.165) is 29.9 Å². The Morgan fingerprint density at radius 2 is 2.08 bits per heavy atom. The van der Waals surface area contributed by atoms with Crippen LogP contribution in [0.15, 0.2) is 6.33 Å². The summed E-state index contributed by atoms with van der Waals surface area (Å²) in [6, 6.07) is 0.190. The molecule has 0 spiro atoms. The number of likely N-dealkylation sites (tertiary alicyclic amines) is 1. The first-order chi connectivity index (χ1) is 12.4. The summed E-state index contributed by atoms with van der Waals surface area (Å²) in [6.45, 7) is 6.42. The molecule has 1 saturated heterocycles. The summed E-state index contributed by atoms with van der Waals surface area (Å²) >= 11 is 0. The number of carbonyl (C=O) groups excluding carboxylic acids is 2. The van der Waals surface area contributed by atoms with Gasteiger partial charge < -0.3 is 9.80 Å². The molecule has 0 bridgehead atoms. The predicted molar refractivity (Wildman–Crippen MR) is 91.8 cm³/mol. The van der Waals surface area contributed by atoms with Gasteiger partial charge in [-0.25, -0.2) is 4.98 Å². The average Bonchev–Trinajstić information content (AvgIpc) is 3.33. The maximum Gasteiger partial charge on any atom is 0.294 e. The molecule has 9 nitrogen and oxygen atoms in total. The highest BCUT2D eigenvalue weighted by atomic mass is 16.2. The fraction of sp³-hybridized carbons (Fsp3) is 0.588. The highest BCUT2D eigenvalue weighted by Gasteiger charge is 2.34. The van der Waals surface area contributed by atoms with Gasteiger partial charge in [0.1, 0.15) is 6.33 Å². The predicted octanol–water partition coefficient (Wildman–Crippen LogP) is 0.871. The van der Waals surface area contributed by atoms with Crippen LogP contribution in [0.3, 0.4) is 0 Å². The molecule has 0 radical (unpaired) electrons. The van der Waals surface area contributed by atoms with Crippen LogP contribution in [0.1, 0.15) is 60.3 Å². The number of fused-ring (bicyclic) bond motifs is 1. The number of rotatable bonds is 4. The van der Waals surface area contributed by atoms with E-state index in [-0.39, 0.29) is 23.7 Å². The minimum atomic E-state index is -0.180. The lowest BCUT2D eigenvalue weighted by Gasteiger charge is -2.17. The summed E-state index contributed by atoms with van der Waals surface area (Å²) in [7, 11) is 1.74. The molecule has 2 aromatic rings. The summed E-state index contributed by atoms with van der Waals surface area (Å²) in [5.74, 6) is 0.208. The maximum atomic E-state index is 12.7. The van der Waals surface area contributed by atoms with Gasteiger partial charge in [-0.2, -0.15) is 5.10 Å². The molecule has 0 N–H and O–H groups in total. The van der Waals surface area contributed by atoms with Crippen LogP contribution in [0.2, 0.25) is 0 Å². The maximum absolute atomic E-state index is 12.7. The molecule has 0 aliphatic carbocycles. The van der Waals surface area contributed by atoms with E-state index in [4.69, 9.17) is 5.10 Å². The van der Waals surface area contributed by atoms with Crippen LogP contribution in [-0.4, -0.2) is 52.7 Å². The Bertz CT molecular complexity index is 867. The smallest absolute Gasteiger partial charge is 0.294 e. The van der Waals surface area contributed by atoms with Gasteiger partial charge in [0.15, 0.2) is 0 Å². The first-order valence-electron chi connectivity index (χ1n) is 8.96. The van der Waals surface area contributed by atoms with E-state index < -0.39 is 0 Å². The van der Waals surface area contributed by atoms with E-state index in [9.17, 15) is 9.59 Å². The van der Waals surface area contributed by atoms with E-state index in [1.807, 2.05) is 9.58 Å². The van der Waals surface area contributed by atoms with Crippen molar-refractivity contribution < 1.29 is 9.59 Å². The van der Waals surface area contributed by atoms with E-state index in [1.165, 1.54) is 11.0 Å². The van der Waals surface area contributed by atoms with Gasteiger partial charge >= 0.3 is 0 Å². The number of hydrogen-bond acceptors (Lipinski definition) is 5. The Kier molecular flexibility index (Phi) is 4.01. The Balaban J connectivity index is 1.60. The first-order valence-corrected chi connectivity index (χ1v) is 8.96. The molecule has 138 valence electrons. The lowest BCUT2D eigenvalue weighted by atomic mass is 10.2. The SMILES string of the molecule is CC(C)n1nc(CN2CCCC2=O)c2c1CN(C(=O)c1ncn(C)n1)C2. The third-order valence-corrected chi connectivity index (χ3v) is 4.97. The van der Waals surface area contributed by atoms with Crippen LogP contribution >= 0.6 is 0 Å². The highest BCUT2D eigenvalue weighted by molar-refractivity contribution is 5.90. The number of amides is 2. The van der Waals surface area contributed by atoms with Gasteiger partial charge in [-0.15, -0.1) is 5.10 Å².